The number of nitrogens with zero attached hydrogens (tertiary/aromatic N) is 6. The predicted octanol–water partition coefficient (Wildman–Crippen LogP) is 4.62. The Morgan fingerprint density at radius 2 is 1.86 bits per heavy atom. The average Bonchev–Trinajstić information content (AvgIpc) is 3.36. The first-order valence-electron chi connectivity index (χ1n) is 14.6. The number of nitrogens with one attached hydrogen (secondary N) is 1. The zero-order valence-corrected chi connectivity index (χ0v) is 25.1. The van der Waals surface area contributed by atoms with Gasteiger partial charge in [0.15, 0.2) is 22.8 Å². The summed E-state index contributed by atoms with van der Waals surface area (Å²) in [4.78, 5) is 31.5. The van der Waals surface area contributed by atoms with Crippen molar-refractivity contribution in [3.8, 4) is 11.4 Å². The van der Waals surface area contributed by atoms with Crippen LogP contribution >= 0.6 is 0 Å². The second kappa shape index (κ2) is 13.7. The molecular formula is C33H39N7O3. The predicted molar refractivity (Wildman–Crippen MR) is 169 cm³/mol. The van der Waals surface area contributed by atoms with Crippen LogP contribution in [-0.4, -0.2) is 68.8 Å². The number of rotatable bonds is 12. The molecule has 0 aliphatic carbocycles. The number of allylic oxidation sites excluding steroid dienone is 1. The van der Waals surface area contributed by atoms with Crippen LogP contribution in [-0.2, 0) is 35.6 Å². The van der Waals surface area contributed by atoms with Crippen LogP contribution in [0.1, 0.15) is 36.4 Å². The van der Waals surface area contributed by atoms with Crippen molar-refractivity contribution in [2.75, 3.05) is 38.3 Å². The molecule has 10 nitrogen and oxygen atoms in total. The number of benzene rings is 2. The number of aromatic nitrogens is 4. The lowest BCUT2D eigenvalue weighted by atomic mass is 10.1. The van der Waals surface area contributed by atoms with E-state index in [9.17, 15) is 4.79 Å². The Morgan fingerprint density at radius 1 is 1.09 bits per heavy atom. The van der Waals surface area contributed by atoms with E-state index in [0.29, 0.717) is 37.7 Å². The molecule has 2 aromatic heterocycles. The Hall–Kier alpha value is -4.38. The van der Waals surface area contributed by atoms with Gasteiger partial charge in [-0.25, -0.2) is 15.0 Å². The van der Waals surface area contributed by atoms with Crippen LogP contribution in [0.4, 0.5) is 5.82 Å². The van der Waals surface area contributed by atoms with Gasteiger partial charge in [0.05, 0.1) is 25.5 Å². The topological polar surface area (TPSA) is 109 Å². The lowest BCUT2D eigenvalue weighted by molar-refractivity contribution is -0.116. The van der Waals surface area contributed by atoms with Crippen LogP contribution < -0.4 is 10.4 Å². The molecule has 43 heavy (non-hydrogen) atoms. The largest absolute Gasteiger partial charge is 0.378 e. The minimum absolute atomic E-state index is 0.120. The van der Waals surface area contributed by atoms with Gasteiger partial charge in [0.1, 0.15) is 11.6 Å². The minimum atomic E-state index is 0.120. The van der Waals surface area contributed by atoms with Gasteiger partial charge < -0.3 is 14.2 Å². The molecular weight excluding hydrogens is 542 g/mol. The van der Waals surface area contributed by atoms with Gasteiger partial charge in [-0.2, -0.15) is 0 Å². The average molecular weight is 582 g/mol. The highest BCUT2D eigenvalue weighted by Crippen LogP contribution is 2.30. The Labute approximate surface area is 252 Å². The van der Waals surface area contributed by atoms with Crippen LogP contribution in [0.15, 0.2) is 66.9 Å². The number of Topliss-reactive ketones (excluding diaryl/α,β-unsaturated/α-hetero) is 1. The van der Waals surface area contributed by atoms with E-state index in [-0.39, 0.29) is 5.78 Å². The number of imidazole rings is 1. The van der Waals surface area contributed by atoms with Gasteiger partial charge in [0, 0.05) is 38.2 Å². The highest BCUT2D eigenvalue weighted by Gasteiger charge is 2.23. The van der Waals surface area contributed by atoms with Crippen LogP contribution in [0.5, 0.6) is 0 Å². The fourth-order valence-electron chi connectivity index (χ4n) is 5.29. The van der Waals surface area contributed by atoms with Crippen molar-refractivity contribution < 1.29 is 14.7 Å². The minimum Gasteiger partial charge on any atom is -0.378 e. The molecule has 0 atom stereocenters. The summed E-state index contributed by atoms with van der Waals surface area (Å²) in [5, 5.41) is 8.91. The zero-order chi connectivity index (χ0) is 30.3. The number of ether oxygens (including phenoxy) is 1. The molecule has 1 aliphatic rings. The molecule has 0 amide bonds. The van der Waals surface area contributed by atoms with Gasteiger partial charge >= 0.3 is 0 Å². The molecule has 0 radical (unpaired) electrons. The second-order valence-electron chi connectivity index (χ2n) is 10.9. The molecule has 10 heteroatoms. The molecule has 0 unspecified atom stereocenters. The van der Waals surface area contributed by atoms with Crippen molar-refractivity contribution in [1.82, 2.24) is 29.9 Å². The monoisotopic (exact) mass is 581 g/mol. The maximum atomic E-state index is 11.8. The maximum absolute atomic E-state index is 11.8. The number of morpholine rings is 1. The normalized spacial score (nSPS) is 13.7. The number of hydrogen-bond acceptors (Lipinski definition) is 9. The highest BCUT2D eigenvalue weighted by molar-refractivity contribution is 5.86. The summed E-state index contributed by atoms with van der Waals surface area (Å²) in [5.74, 6) is 2.50. The maximum Gasteiger partial charge on any atom is 0.166 e. The Morgan fingerprint density at radius 3 is 2.56 bits per heavy atom. The first kappa shape index (κ1) is 30.1. The van der Waals surface area contributed by atoms with E-state index in [4.69, 9.17) is 24.9 Å². The number of fused-ring (bicyclic) bond motifs is 1. The Balaban J connectivity index is 1.45. The van der Waals surface area contributed by atoms with Crippen LogP contribution in [0.25, 0.3) is 28.6 Å². The van der Waals surface area contributed by atoms with Crippen LogP contribution in [0.3, 0.4) is 0 Å². The first-order valence-corrected chi connectivity index (χ1v) is 14.6. The van der Waals surface area contributed by atoms with Crippen molar-refractivity contribution >= 4 is 28.8 Å². The lowest BCUT2D eigenvalue weighted by Gasteiger charge is -2.28. The van der Waals surface area contributed by atoms with Crippen molar-refractivity contribution in [1.29, 1.82) is 0 Å². The fraction of sp³-hybridized carbons (Fsp3) is 0.333. The number of hydroxylamine groups is 1. The van der Waals surface area contributed by atoms with Gasteiger partial charge in [0.2, 0.25) is 0 Å². The van der Waals surface area contributed by atoms with Crippen LogP contribution in [0, 0.1) is 0 Å². The quantitative estimate of drug-likeness (QED) is 0.183. The molecule has 2 aromatic carbocycles. The molecule has 2 N–H and O–H groups in total. The number of carbonyl (C=O) groups excluding carboxylic acids is 1. The number of anilines is 1. The molecule has 1 saturated heterocycles. The molecule has 1 fully saturated rings. The lowest BCUT2D eigenvalue weighted by Crippen LogP contribution is -2.37. The summed E-state index contributed by atoms with van der Waals surface area (Å²) >= 11 is 0. The van der Waals surface area contributed by atoms with Crippen LogP contribution in [0.2, 0.25) is 0 Å². The summed E-state index contributed by atoms with van der Waals surface area (Å²) in [5.41, 5.74) is 8.10. The van der Waals surface area contributed by atoms with Crippen molar-refractivity contribution in [2.24, 2.45) is 0 Å². The third-order valence-corrected chi connectivity index (χ3v) is 7.38. The molecule has 1 aliphatic heterocycles. The Bertz CT molecular complexity index is 1620. The summed E-state index contributed by atoms with van der Waals surface area (Å²) < 4.78 is 7.80. The van der Waals surface area contributed by atoms with Crippen molar-refractivity contribution in [3.05, 3.63) is 89.4 Å². The fourth-order valence-corrected chi connectivity index (χ4v) is 5.29. The smallest absolute Gasteiger partial charge is 0.166 e. The number of hydrogen-bond donors (Lipinski definition) is 2. The molecule has 5 rings (SSSR count). The van der Waals surface area contributed by atoms with E-state index in [1.165, 1.54) is 5.56 Å². The van der Waals surface area contributed by atoms with Gasteiger partial charge in [-0.3, -0.25) is 20.4 Å². The summed E-state index contributed by atoms with van der Waals surface area (Å²) in [6.45, 7) is 12.3. The molecule has 224 valence electrons. The van der Waals surface area contributed by atoms with Crippen molar-refractivity contribution in [3.63, 3.8) is 0 Å². The molecule has 0 saturated carbocycles. The third-order valence-electron chi connectivity index (χ3n) is 7.38. The van der Waals surface area contributed by atoms with E-state index in [2.05, 4.69) is 47.0 Å². The molecule has 3 heterocycles. The third kappa shape index (κ3) is 7.34. The van der Waals surface area contributed by atoms with E-state index < -0.39 is 0 Å². The second-order valence-corrected chi connectivity index (χ2v) is 10.9. The van der Waals surface area contributed by atoms with Gasteiger partial charge in [0.25, 0.3) is 0 Å². The summed E-state index contributed by atoms with van der Waals surface area (Å²) in [6, 6.07) is 16.2. The SMILES string of the molecule is C=C(/C=C/c1ccc(CN(C)Cc2nc3c(N4CCOCC4)nc(-c4cccc(CC(C)=O)c4)nc3n2CC)cc1)NO. The first-order chi connectivity index (χ1) is 20.8. The molecule has 4 aromatic rings. The van der Waals surface area contributed by atoms with E-state index in [0.717, 1.165) is 65.7 Å². The molecule has 0 bridgehead atoms. The zero-order valence-electron chi connectivity index (χ0n) is 25.1. The standard InChI is InChI=1S/C33H39N7O3/c1-5-40-29(22-38(4)21-26-13-11-25(12-14-26)10-9-23(2)37-42)34-30-32(39-15-17-43-18-16-39)35-31(36-33(30)40)28-8-6-7-27(20-28)19-24(3)41/h6-14,20,37,42H,2,5,15-19,21-22H2,1,3-4H3/b10-9+. The molecule has 0 spiro atoms. The summed E-state index contributed by atoms with van der Waals surface area (Å²) in [6.07, 6.45) is 3.99. The van der Waals surface area contributed by atoms with Gasteiger partial charge in [-0.15, -0.1) is 0 Å². The van der Waals surface area contributed by atoms with Crippen molar-refractivity contribution in [2.45, 2.75) is 39.9 Å². The Kier molecular flexibility index (Phi) is 9.61. The van der Waals surface area contributed by atoms with E-state index >= 15 is 0 Å². The number of aryl methyl sites for hydroxylation is 1. The van der Waals surface area contributed by atoms with E-state index in [1.807, 2.05) is 48.0 Å². The van der Waals surface area contributed by atoms with E-state index in [1.54, 1.807) is 13.0 Å². The summed E-state index contributed by atoms with van der Waals surface area (Å²) in [7, 11) is 2.09. The van der Waals surface area contributed by atoms with Gasteiger partial charge in [-0.05, 0) is 49.7 Å². The highest BCUT2D eigenvalue weighted by atomic mass is 16.5. The number of carbonyl (C=O) groups is 1. The van der Waals surface area contributed by atoms with Gasteiger partial charge in [-0.1, -0.05) is 55.1 Å². The number of ketones is 1.